The van der Waals surface area contributed by atoms with Crippen LogP contribution in [-0.4, -0.2) is 67.6 Å². The second-order valence-corrected chi connectivity index (χ2v) is 55.7. The first-order valence-corrected chi connectivity index (χ1v) is 61.4. The number of benzene rings is 10. The molecule has 0 heterocycles. The molecule has 10 aromatic carbocycles. The number of allylic oxidation sites excluding steroid dienone is 5. The Morgan fingerprint density at radius 2 is 0.491 bits per heavy atom. The molecule has 0 N–H and O–H groups in total. The molecule has 10 aromatic rings. The molecule has 0 radical (unpaired) electrons. The summed E-state index contributed by atoms with van der Waals surface area (Å²) >= 11 is 3.76. The molecule has 14 heteroatoms. The fourth-order valence-corrected chi connectivity index (χ4v) is 22.3. The van der Waals surface area contributed by atoms with Gasteiger partial charge in [0.05, 0.1) is 24.2 Å². The molecule has 586 valence electrons. The van der Waals surface area contributed by atoms with Crippen LogP contribution in [0.15, 0.2) is 314 Å². The van der Waals surface area contributed by atoms with Crippen LogP contribution in [0.1, 0.15) is 125 Å². The minimum absolute atomic E-state index is 0.313. The van der Waals surface area contributed by atoms with Crippen molar-refractivity contribution in [2.75, 3.05) is 0 Å². The molecular formula is C98H125BrO5Si8. The van der Waals surface area contributed by atoms with Crippen LogP contribution in [-0.2, 0) is 22.3 Å². The lowest BCUT2D eigenvalue weighted by Gasteiger charge is -2.33. The van der Waals surface area contributed by atoms with E-state index in [2.05, 4.69) is 409 Å². The van der Waals surface area contributed by atoms with Gasteiger partial charge in [0.1, 0.15) is 0 Å². The highest BCUT2D eigenvalue weighted by Crippen LogP contribution is 2.35. The molecule has 10 rings (SSSR count). The van der Waals surface area contributed by atoms with Crippen molar-refractivity contribution in [2.45, 2.75) is 179 Å². The highest BCUT2D eigenvalue weighted by molar-refractivity contribution is 9.10. The number of halogens is 1. The van der Waals surface area contributed by atoms with E-state index in [4.69, 9.17) is 0 Å². The maximum atomic E-state index is 9.63. The molecule has 0 aliphatic rings. The Labute approximate surface area is 694 Å². The second kappa shape index (κ2) is 52.5. The van der Waals surface area contributed by atoms with Gasteiger partial charge in [0.25, 0.3) is 43.4 Å². The normalized spacial score (nSPS) is 12.4. The Morgan fingerprint density at radius 1 is 0.277 bits per heavy atom. The monoisotopic (exact) mass is 1680 g/mol. The Hall–Kier alpha value is -7.88. The molecule has 0 saturated carbocycles. The summed E-state index contributed by atoms with van der Waals surface area (Å²) in [6, 6.07) is 102. The van der Waals surface area contributed by atoms with Gasteiger partial charge >= 0.3 is 0 Å². The molecule has 0 saturated heterocycles. The molecule has 112 heavy (non-hydrogen) atoms. The third-order valence-corrected chi connectivity index (χ3v) is 32.5. The van der Waals surface area contributed by atoms with Gasteiger partial charge in [0, 0.05) is 10.4 Å². The summed E-state index contributed by atoms with van der Waals surface area (Å²) < 4.78 is 49.3. The van der Waals surface area contributed by atoms with Gasteiger partial charge in [-0.1, -0.05) is 388 Å². The minimum atomic E-state index is -1.82. The molecular weight excluding hydrogens is 1560 g/mol. The van der Waals surface area contributed by atoms with Crippen LogP contribution in [0, 0.1) is 0 Å². The molecule has 4 atom stereocenters. The number of hydrogen-bond acceptors (Lipinski definition) is 5. The van der Waals surface area contributed by atoms with Gasteiger partial charge in [-0.25, -0.2) is 0 Å². The molecule has 0 aliphatic carbocycles. The molecule has 0 spiro atoms. The Bertz CT molecular complexity index is 4430. The Morgan fingerprint density at radius 3 is 0.777 bits per heavy atom. The van der Waals surface area contributed by atoms with Crippen molar-refractivity contribution >= 4 is 130 Å². The summed E-state index contributed by atoms with van der Waals surface area (Å²) in [5, 5.41) is 4.56. The van der Waals surface area contributed by atoms with Gasteiger partial charge in [-0.15, -0.1) is 0 Å². The fourth-order valence-electron chi connectivity index (χ4n) is 13.1. The zero-order chi connectivity index (χ0) is 82.5. The maximum Gasteiger partial charge on any atom is 0.270 e. The van der Waals surface area contributed by atoms with E-state index < -0.39 is 67.6 Å². The summed E-state index contributed by atoms with van der Waals surface area (Å²) in [5.41, 5.74) is 14.8. The van der Waals surface area contributed by atoms with Crippen LogP contribution in [0.5, 0.6) is 0 Å². The fraction of sp³-hybridized carbons (Fsp3) is 0.286. The van der Waals surface area contributed by atoms with E-state index in [1.807, 2.05) is 0 Å². The topological polar surface area (TPSA) is 85.3 Å². The lowest BCUT2D eigenvalue weighted by molar-refractivity contribution is 0.568. The van der Waals surface area contributed by atoms with Gasteiger partial charge in [0.15, 0.2) is 0 Å². The summed E-state index contributed by atoms with van der Waals surface area (Å²) in [6.45, 7) is 36.9. The van der Waals surface area contributed by atoms with Gasteiger partial charge < -0.3 is 22.3 Å². The lowest BCUT2D eigenvalue weighted by atomic mass is 9.88. The predicted octanol–water partition coefficient (Wildman–Crippen LogP) is 27.0. The highest BCUT2D eigenvalue weighted by atomic mass is 79.9. The van der Waals surface area contributed by atoms with Crippen molar-refractivity contribution in [3.05, 3.63) is 370 Å². The van der Waals surface area contributed by atoms with Crippen LogP contribution >= 0.6 is 15.9 Å². The summed E-state index contributed by atoms with van der Waals surface area (Å²) in [6.07, 6.45) is 28.5. The Balaban J connectivity index is 0.000000388. The van der Waals surface area contributed by atoms with Gasteiger partial charge in [-0.05, 0) is 212 Å². The van der Waals surface area contributed by atoms with Crippen molar-refractivity contribution in [3.63, 3.8) is 0 Å². The zero-order valence-electron chi connectivity index (χ0n) is 70.2. The van der Waals surface area contributed by atoms with E-state index in [1.165, 1.54) is 71.2 Å². The van der Waals surface area contributed by atoms with E-state index in [0.717, 1.165) is 36.6 Å². The number of rotatable bonds is 26. The summed E-state index contributed by atoms with van der Waals surface area (Å²) in [7, 11) is -10.7. The minimum Gasteiger partial charge on any atom is -0.389 e. The molecule has 5 nitrogen and oxygen atoms in total. The van der Waals surface area contributed by atoms with Crippen LogP contribution in [0.3, 0.4) is 0 Å². The zero-order valence-corrected chi connectivity index (χ0v) is 79.8. The van der Waals surface area contributed by atoms with Crippen LogP contribution in [0.4, 0.5) is 0 Å². The standard InChI is InChI=1S/C51H52Si.C37H43BrSi2.5C2H6OSi/c1-41(45-26-9-4-10-27-45)22-19-23-42-38-43(24-20-36-50(46-28-11-5-12-29-46)47-30-13-6-14-31-47)40-44(39-42)25-21-37-51(48-32-15-7-16-33-48)52(2,3)49-34-17-8-18-35-49;1-30(39(2,3)35-22-11-7-12-23-35)17-15-18-31-27-32(29-34(38)28-31)19-16-26-37(33-20-9-6-10-21-33)40(4,5)36-24-13-8-14-25-36;5*1-4(2)3/h4-21,23-35,38-41,50-51H,22,36-37H2,1-3H3;6-16,18-25,27-30,37H,17,26H2,1-5H3;5*1-2H3/b23-19-,24-20-,25-21-;18-15-,19-16-;;;;;. The lowest BCUT2D eigenvalue weighted by Crippen LogP contribution is -2.47. The molecule has 0 bridgehead atoms. The molecule has 0 fully saturated rings. The van der Waals surface area contributed by atoms with Crippen LogP contribution in [0.25, 0.3) is 30.4 Å². The smallest absolute Gasteiger partial charge is 0.270 e. The quantitative estimate of drug-likeness (QED) is 0.0504. The number of hydrogen-bond donors (Lipinski definition) is 0. The van der Waals surface area contributed by atoms with Crippen molar-refractivity contribution < 1.29 is 22.3 Å². The van der Waals surface area contributed by atoms with Crippen LogP contribution < -0.4 is 15.6 Å². The molecule has 4 unspecified atom stereocenters. The highest BCUT2D eigenvalue weighted by Gasteiger charge is 2.35. The first kappa shape index (κ1) is 96.5. The average molecular weight is 1690 g/mol. The van der Waals surface area contributed by atoms with Crippen molar-refractivity contribution in [1.29, 1.82) is 0 Å². The first-order chi connectivity index (χ1) is 53.3. The summed E-state index contributed by atoms with van der Waals surface area (Å²) in [4.78, 5) is 0. The third kappa shape index (κ3) is 37.8. The SMILES string of the molecule is CC(C/C=C\c1cc(/C=C\CC(c2ccccc2)c2ccccc2)cc(/C=C\CC(c2ccccc2)[Si](C)(C)c2ccccc2)c1)c1ccccc1.CC(C/C=C\c1cc(Br)cc(/C=C\CC(c2ccccc2)[Si](C)(C)c2ccccc2)c1)[Si](C)(C)c1ccccc1.C[Si](C)=O.C[Si](C)=O.C[Si](C)=O.C[Si](C)=O.C[Si](C)=O. The second-order valence-electron chi connectivity index (χ2n) is 31.3. The van der Waals surface area contributed by atoms with Crippen LogP contribution in [0.2, 0.25) is 110 Å². The van der Waals surface area contributed by atoms with E-state index in [9.17, 15) is 22.3 Å². The molecule has 0 aliphatic heterocycles. The van der Waals surface area contributed by atoms with E-state index in [1.54, 1.807) is 65.5 Å². The predicted molar refractivity (Wildman–Crippen MR) is 508 cm³/mol. The van der Waals surface area contributed by atoms with Gasteiger partial charge in [0.2, 0.25) is 0 Å². The van der Waals surface area contributed by atoms with Crippen molar-refractivity contribution in [1.82, 2.24) is 0 Å². The first-order valence-electron chi connectivity index (χ1n) is 39.4. The van der Waals surface area contributed by atoms with E-state index >= 15 is 0 Å². The van der Waals surface area contributed by atoms with Gasteiger partial charge in [-0.3, -0.25) is 0 Å². The maximum absolute atomic E-state index is 9.63. The van der Waals surface area contributed by atoms with Gasteiger partial charge in [-0.2, -0.15) is 0 Å². The summed E-state index contributed by atoms with van der Waals surface area (Å²) in [5.74, 6) is 0.785. The van der Waals surface area contributed by atoms with E-state index in [0.29, 0.717) is 28.5 Å². The third-order valence-electron chi connectivity index (χ3n) is 19.3. The van der Waals surface area contributed by atoms with Crippen molar-refractivity contribution in [3.8, 4) is 0 Å². The Kier molecular flexibility index (Phi) is 45.2. The molecule has 0 aromatic heterocycles. The average Bonchev–Trinajstić information content (AvgIpc) is 0.804. The van der Waals surface area contributed by atoms with E-state index in [-0.39, 0.29) is 0 Å². The molecule has 0 amide bonds. The van der Waals surface area contributed by atoms with Crippen molar-refractivity contribution in [2.24, 2.45) is 0 Å². The largest absolute Gasteiger partial charge is 0.389 e.